The van der Waals surface area contributed by atoms with Gasteiger partial charge in [-0.15, -0.1) is 13.2 Å². The fourth-order valence-electron chi connectivity index (χ4n) is 3.52. The topological polar surface area (TPSA) is 84.0 Å². The summed E-state index contributed by atoms with van der Waals surface area (Å²) in [5.74, 6) is -0.671. The molecule has 2 amide bonds. The molecule has 2 aromatic rings. The van der Waals surface area contributed by atoms with Gasteiger partial charge in [0.2, 0.25) is 0 Å². The minimum Gasteiger partial charge on any atom is -0.444 e. The molecule has 1 aliphatic heterocycles. The van der Waals surface area contributed by atoms with Crippen LogP contribution in [0.25, 0.3) is 0 Å². The number of rotatable bonds is 4. The Morgan fingerprint density at radius 1 is 1.19 bits per heavy atom. The Morgan fingerprint density at radius 3 is 2.44 bits per heavy atom. The van der Waals surface area contributed by atoms with E-state index in [9.17, 15) is 22.8 Å². The first-order chi connectivity index (χ1) is 16.6. The van der Waals surface area contributed by atoms with Crippen molar-refractivity contribution >= 4 is 51.0 Å². The number of piperazine rings is 1. The molecule has 0 bridgehead atoms. The van der Waals surface area contributed by atoms with Gasteiger partial charge in [-0.05, 0) is 67.9 Å². The van der Waals surface area contributed by atoms with Gasteiger partial charge in [0, 0.05) is 31.2 Å². The number of alkyl halides is 3. The van der Waals surface area contributed by atoms with Crippen LogP contribution in [0.15, 0.2) is 34.9 Å². The summed E-state index contributed by atoms with van der Waals surface area (Å²) in [6, 6.07) is 5.46. The molecule has 1 fully saturated rings. The second-order valence-electron chi connectivity index (χ2n) is 9.15. The molecule has 1 aromatic carbocycles. The van der Waals surface area contributed by atoms with Crippen LogP contribution in [0.1, 0.15) is 38.1 Å². The zero-order chi connectivity index (χ0) is 26.8. The number of halogens is 5. The summed E-state index contributed by atoms with van der Waals surface area (Å²) in [5.41, 5.74) is -0.368. The third-order valence-corrected chi connectivity index (χ3v) is 6.41. The Balaban J connectivity index is 1.65. The van der Waals surface area contributed by atoms with Crippen molar-refractivity contribution in [3.8, 4) is 5.75 Å². The molecular formula is C23H25BrClF3N4O4. The number of hydrogen-bond acceptors (Lipinski definition) is 6. The van der Waals surface area contributed by atoms with E-state index in [0.29, 0.717) is 31.1 Å². The van der Waals surface area contributed by atoms with Gasteiger partial charge in [-0.3, -0.25) is 4.79 Å². The van der Waals surface area contributed by atoms with E-state index < -0.39 is 23.6 Å². The number of benzene rings is 1. The first-order valence-electron chi connectivity index (χ1n) is 10.9. The zero-order valence-electron chi connectivity index (χ0n) is 19.9. The highest BCUT2D eigenvalue weighted by atomic mass is 79.9. The largest absolute Gasteiger partial charge is 0.573 e. The van der Waals surface area contributed by atoms with Gasteiger partial charge in [-0.25, -0.2) is 9.78 Å². The summed E-state index contributed by atoms with van der Waals surface area (Å²) in [7, 11) is 0. The van der Waals surface area contributed by atoms with E-state index >= 15 is 0 Å². The van der Waals surface area contributed by atoms with Crippen LogP contribution in [0.4, 0.5) is 29.5 Å². The molecule has 36 heavy (non-hydrogen) atoms. The maximum atomic E-state index is 12.7. The molecule has 1 N–H and O–H groups in total. The number of carbonyl (C=O) groups is 2. The molecule has 2 heterocycles. The number of ether oxygens (including phenoxy) is 2. The maximum Gasteiger partial charge on any atom is 0.573 e. The van der Waals surface area contributed by atoms with Gasteiger partial charge in [-0.2, -0.15) is 0 Å². The van der Waals surface area contributed by atoms with Crippen molar-refractivity contribution in [2.45, 2.75) is 45.7 Å². The molecule has 196 valence electrons. The Hall–Kier alpha value is -2.73. The molecule has 13 heteroatoms. The van der Waals surface area contributed by atoms with Crippen molar-refractivity contribution in [2.75, 3.05) is 29.9 Å². The van der Waals surface area contributed by atoms with Crippen molar-refractivity contribution < 1.29 is 32.2 Å². The lowest BCUT2D eigenvalue weighted by atomic mass is 10.2. The number of nitrogens with zero attached hydrogens (tertiary/aromatic N) is 3. The molecule has 8 nitrogen and oxygen atoms in total. The van der Waals surface area contributed by atoms with Crippen LogP contribution in [0.2, 0.25) is 5.02 Å². The molecule has 1 atom stereocenters. The third-order valence-electron chi connectivity index (χ3n) is 5.06. The van der Waals surface area contributed by atoms with E-state index in [2.05, 4.69) is 31.0 Å². The Labute approximate surface area is 219 Å². The van der Waals surface area contributed by atoms with Gasteiger partial charge in [0.1, 0.15) is 17.2 Å². The number of pyridine rings is 1. The third kappa shape index (κ3) is 7.39. The lowest BCUT2D eigenvalue weighted by Gasteiger charge is -2.40. The highest BCUT2D eigenvalue weighted by Gasteiger charge is 2.33. The standard InChI is InChI=1S/C23H25BrClF3N4O4/c1-13-12-31(21(34)36-22(2,3)4)7-8-32(13)18-6-5-15(11-29-18)30-20(33)14-9-16(25)19(24)17(10-14)35-23(26,27)28/h5-6,9-11,13H,7-8,12H2,1-4H3,(H,30,33). The zero-order valence-corrected chi connectivity index (χ0v) is 22.3. The van der Waals surface area contributed by atoms with E-state index in [0.717, 1.165) is 6.07 Å². The van der Waals surface area contributed by atoms with Gasteiger partial charge in [0.15, 0.2) is 0 Å². The van der Waals surface area contributed by atoms with Crippen LogP contribution in [0.5, 0.6) is 5.75 Å². The monoisotopic (exact) mass is 592 g/mol. The van der Waals surface area contributed by atoms with Gasteiger partial charge >= 0.3 is 12.5 Å². The second kappa shape index (κ2) is 10.7. The SMILES string of the molecule is CC1CN(C(=O)OC(C)(C)C)CCN1c1ccc(NC(=O)c2cc(Cl)c(Br)c(OC(F)(F)F)c2)cn1. The number of hydrogen-bond donors (Lipinski definition) is 1. The summed E-state index contributed by atoms with van der Waals surface area (Å²) >= 11 is 8.88. The number of anilines is 2. The molecule has 0 aliphatic carbocycles. The fraction of sp³-hybridized carbons (Fsp3) is 0.435. The lowest BCUT2D eigenvalue weighted by molar-refractivity contribution is -0.274. The van der Waals surface area contributed by atoms with Gasteiger partial charge in [-0.1, -0.05) is 11.6 Å². The van der Waals surface area contributed by atoms with Crippen LogP contribution in [0, 0.1) is 0 Å². The Kier molecular flexibility index (Phi) is 8.29. The van der Waals surface area contributed by atoms with E-state index in [-0.39, 0.29) is 27.2 Å². The second-order valence-corrected chi connectivity index (χ2v) is 10.3. The summed E-state index contributed by atoms with van der Waals surface area (Å²) in [6.07, 6.45) is -3.87. The highest BCUT2D eigenvalue weighted by Crippen LogP contribution is 2.37. The summed E-state index contributed by atoms with van der Waals surface area (Å²) in [6.45, 7) is 8.87. The smallest absolute Gasteiger partial charge is 0.444 e. The number of carbonyl (C=O) groups excluding carboxylic acids is 2. The van der Waals surface area contributed by atoms with Crippen LogP contribution < -0.4 is 15.0 Å². The van der Waals surface area contributed by atoms with Crippen molar-refractivity contribution in [3.05, 3.63) is 45.5 Å². The van der Waals surface area contributed by atoms with Crippen molar-refractivity contribution in [3.63, 3.8) is 0 Å². The van der Waals surface area contributed by atoms with E-state index in [4.69, 9.17) is 16.3 Å². The van der Waals surface area contributed by atoms with Crippen LogP contribution >= 0.6 is 27.5 Å². The molecule has 1 saturated heterocycles. The Morgan fingerprint density at radius 2 is 1.89 bits per heavy atom. The van der Waals surface area contributed by atoms with Gasteiger partial charge in [0.05, 0.1) is 21.4 Å². The quantitative estimate of drug-likeness (QED) is 0.462. The number of amides is 2. The van der Waals surface area contributed by atoms with Crippen molar-refractivity contribution in [1.82, 2.24) is 9.88 Å². The predicted molar refractivity (Wildman–Crippen MR) is 133 cm³/mol. The molecule has 3 rings (SSSR count). The van der Waals surface area contributed by atoms with E-state index in [1.807, 2.05) is 32.6 Å². The van der Waals surface area contributed by atoms with Crippen molar-refractivity contribution in [1.29, 1.82) is 0 Å². The first-order valence-corrected chi connectivity index (χ1v) is 12.1. The van der Waals surface area contributed by atoms with Crippen LogP contribution in [-0.2, 0) is 4.74 Å². The minimum absolute atomic E-state index is 0.0313. The van der Waals surface area contributed by atoms with Crippen molar-refractivity contribution in [2.24, 2.45) is 0 Å². The molecule has 0 saturated carbocycles. The van der Waals surface area contributed by atoms with Crippen LogP contribution in [-0.4, -0.2) is 59.5 Å². The molecule has 0 radical (unpaired) electrons. The normalized spacial score (nSPS) is 16.5. The first kappa shape index (κ1) is 27.9. The number of nitrogens with one attached hydrogen (secondary N) is 1. The summed E-state index contributed by atoms with van der Waals surface area (Å²) in [4.78, 5) is 33.1. The lowest BCUT2D eigenvalue weighted by Crippen LogP contribution is -2.54. The van der Waals surface area contributed by atoms with E-state index in [1.54, 1.807) is 17.0 Å². The summed E-state index contributed by atoms with van der Waals surface area (Å²) in [5, 5.41) is 2.46. The number of aromatic nitrogens is 1. The predicted octanol–water partition coefficient (Wildman–Crippen LogP) is 6.09. The maximum absolute atomic E-state index is 12.7. The molecule has 1 unspecified atom stereocenters. The molecule has 1 aliphatic rings. The van der Waals surface area contributed by atoms with Gasteiger partial charge in [0.25, 0.3) is 5.91 Å². The highest BCUT2D eigenvalue weighted by molar-refractivity contribution is 9.10. The van der Waals surface area contributed by atoms with Gasteiger partial charge < -0.3 is 24.6 Å². The summed E-state index contributed by atoms with van der Waals surface area (Å²) < 4.78 is 47.2. The average molecular weight is 594 g/mol. The Bertz CT molecular complexity index is 1130. The average Bonchev–Trinajstić information content (AvgIpc) is 2.75. The molecule has 0 spiro atoms. The minimum atomic E-state index is -4.95. The van der Waals surface area contributed by atoms with E-state index in [1.165, 1.54) is 12.3 Å². The molecular weight excluding hydrogens is 569 g/mol. The molecule has 1 aromatic heterocycles. The van der Waals surface area contributed by atoms with Crippen LogP contribution in [0.3, 0.4) is 0 Å². The fourth-order valence-corrected chi connectivity index (χ4v) is 4.04.